The fourth-order valence-corrected chi connectivity index (χ4v) is 3.86. The molecule has 0 spiro atoms. The predicted molar refractivity (Wildman–Crippen MR) is 99.1 cm³/mol. The summed E-state index contributed by atoms with van der Waals surface area (Å²) in [6.45, 7) is 2.60. The van der Waals surface area contributed by atoms with Crippen LogP contribution in [0.1, 0.15) is 48.8 Å². The topological polar surface area (TPSA) is 29.1 Å². The first-order valence-electron chi connectivity index (χ1n) is 9.20. The molecule has 3 rings (SSSR count). The van der Waals surface area contributed by atoms with Gasteiger partial charge in [-0.3, -0.25) is 4.79 Å². The molecule has 2 aromatic rings. The number of rotatable bonds is 5. The van der Waals surface area contributed by atoms with Gasteiger partial charge in [0.25, 0.3) is 0 Å². The van der Waals surface area contributed by atoms with Crippen LogP contribution < -0.4 is 5.32 Å². The number of benzene rings is 2. The van der Waals surface area contributed by atoms with Crippen molar-refractivity contribution in [3.05, 3.63) is 71.0 Å². The van der Waals surface area contributed by atoms with Crippen LogP contribution in [0.2, 0.25) is 0 Å². The summed E-state index contributed by atoms with van der Waals surface area (Å²) in [7, 11) is 0. The molecule has 0 aliphatic heterocycles. The number of nitrogens with one attached hydrogen (secondary N) is 1. The van der Waals surface area contributed by atoms with Crippen molar-refractivity contribution >= 4 is 5.91 Å². The van der Waals surface area contributed by atoms with Gasteiger partial charge in [-0.2, -0.15) is 0 Å². The van der Waals surface area contributed by atoms with Gasteiger partial charge in [-0.05, 0) is 49.4 Å². The third kappa shape index (κ3) is 4.09. The van der Waals surface area contributed by atoms with Crippen LogP contribution in [0.15, 0.2) is 48.5 Å². The van der Waals surface area contributed by atoms with Crippen LogP contribution in [0.25, 0.3) is 0 Å². The molecule has 0 radical (unpaired) electrons. The average Bonchev–Trinajstić information content (AvgIpc) is 2.63. The first-order chi connectivity index (χ1) is 12.1. The van der Waals surface area contributed by atoms with Crippen LogP contribution in [0.3, 0.4) is 0 Å². The molecule has 132 valence electrons. The van der Waals surface area contributed by atoms with Gasteiger partial charge in [0.1, 0.15) is 5.82 Å². The lowest BCUT2D eigenvalue weighted by atomic mass is 9.68. The molecule has 1 aliphatic rings. The van der Waals surface area contributed by atoms with Crippen LogP contribution in [0.4, 0.5) is 4.39 Å². The number of carbonyl (C=O) groups is 1. The molecule has 0 heterocycles. The summed E-state index contributed by atoms with van der Waals surface area (Å²) in [4.78, 5) is 13.1. The molecule has 2 nitrogen and oxygen atoms in total. The third-order valence-corrected chi connectivity index (χ3v) is 5.33. The van der Waals surface area contributed by atoms with Crippen molar-refractivity contribution < 1.29 is 9.18 Å². The number of hydrogen-bond acceptors (Lipinski definition) is 1. The molecule has 1 aliphatic carbocycles. The summed E-state index contributed by atoms with van der Waals surface area (Å²) in [5.41, 5.74) is 2.84. The van der Waals surface area contributed by atoms with Gasteiger partial charge in [0.05, 0.1) is 5.41 Å². The lowest BCUT2D eigenvalue weighted by Gasteiger charge is -2.36. The van der Waals surface area contributed by atoms with E-state index >= 15 is 0 Å². The number of amides is 1. The molecule has 0 bridgehead atoms. The van der Waals surface area contributed by atoms with E-state index in [0.29, 0.717) is 13.0 Å². The number of hydrogen-bond donors (Lipinski definition) is 1. The Balaban J connectivity index is 1.70. The van der Waals surface area contributed by atoms with E-state index in [1.165, 1.54) is 24.1 Å². The number of halogens is 1. The molecule has 25 heavy (non-hydrogen) atoms. The summed E-state index contributed by atoms with van der Waals surface area (Å²) < 4.78 is 13.3. The first kappa shape index (κ1) is 17.7. The molecule has 0 unspecified atom stereocenters. The Morgan fingerprint density at radius 3 is 2.48 bits per heavy atom. The van der Waals surface area contributed by atoms with Gasteiger partial charge >= 0.3 is 0 Å². The maximum atomic E-state index is 13.3. The van der Waals surface area contributed by atoms with Crippen LogP contribution in [-0.2, 0) is 16.6 Å². The van der Waals surface area contributed by atoms with Gasteiger partial charge in [0.2, 0.25) is 5.91 Å². The van der Waals surface area contributed by atoms with Crippen LogP contribution >= 0.6 is 0 Å². The zero-order valence-corrected chi connectivity index (χ0v) is 14.9. The van der Waals surface area contributed by atoms with Gasteiger partial charge < -0.3 is 5.32 Å². The highest BCUT2D eigenvalue weighted by Gasteiger charge is 2.40. The smallest absolute Gasteiger partial charge is 0.230 e. The SMILES string of the molecule is Cc1ccc(C2(C(=O)NCCc3cccc(F)c3)CCCCC2)cc1. The van der Waals surface area contributed by atoms with Crippen molar-refractivity contribution in [2.45, 2.75) is 50.9 Å². The summed E-state index contributed by atoms with van der Waals surface area (Å²) in [6, 6.07) is 15.0. The molecule has 1 saturated carbocycles. The molecule has 1 fully saturated rings. The molecule has 0 saturated heterocycles. The lowest BCUT2D eigenvalue weighted by molar-refractivity contribution is -0.128. The standard InChI is InChI=1S/C22H26FNO/c1-17-8-10-19(11-9-17)22(13-3-2-4-14-22)21(25)24-15-12-18-6-5-7-20(23)16-18/h5-11,16H,2-4,12-15H2,1H3,(H,24,25). The van der Waals surface area contributed by atoms with E-state index in [9.17, 15) is 9.18 Å². The molecule has 0 aromatic heterocycles. The zero-order chi connectivity index (χ0) is 17.7. The van der Waals surface area contributed by atoms with E-state index in [0.717, 1.165) is 36.8 Å². The van der Waals surface area contributed by atoms with E-state index in [1.54, 1.807) is 6.07 Å². The maximum absolute atomic E-state index is 13.3. The van der Waals surface area contributed by atoms with Crippen molar-refractivity contribution in [1.82, 2.24) is 5.32 Å². The van der Waals surface area contributed by atoms with E-state index in [4.69, 9.17) is 0 Å². The molecule has 1 amide bonds. The van der Waals surface area contributed by atoms with Gasteiger partial charge in [-0.15, -0.1) is 0 Å². The maximum Gasteiger partial charge on any atom is 0.230 e. The van der Waals surface area contributed by atoms with Crippen molar-refractivity contribution in [1.29, 1.82) is 0 Å². The highest BCUT2D eigenvalue weighted by Crippen LogP contribution is 2.39. The lowest BCUT2D eigenvalue weighted by Crippen LogP contribution is -2.46. The zero-order valence-electron chi connectivity index (χ0n) is 14.9. The van der Waals surface area contributed by atoms with Crippen molar-refractivity contribution in [2.24, 2.45) is 0 Å². The highest BCUT2D eigenvalue weighted by atomic mass is 19.1. The second kappa shape index (κ2) is 7.81. The van der Waals surface area contributed by atoms with Gasteiger partial charge in [0, 0.05) is 6.54 Å². The fourth-order valence-electron chi connectivity index (χ4n) is 3.86. The second-order valence-corrected chi connectivity index (χ2v) is 7.14. The summed E-state index contributed by atoms with van der Waals surface area (Å²) in [6.07, 6.45) is 5.83. The van der Waals surface area contributed by atoms with E-state index in [-0.39, 0.29) is 11.7 Å². The molecular formula is C22H26FNO. The van der Waals surface area contributed by atoms with Crippen molar-refractivity contribution in [3.8, 4) is 0 Å². The van der Waals surface area contributed by atoms with E-state index < -0.39 is 5.41 Å². The molecular weight excluding hydrogens is 313 g/mol. The minimum absolute atomic E-state index is 0.118. The predicted octanol–water partition coefficient (Wildman–Crippen LogP) is 4.69. The molecule has 3 heteroatoms. The van der Waals surface area contributed by atoms with Crippen LogP contribution in [0, 0.1) is 12.7 Å². The average molecular weight is 339 g/mol. The summed E-state index contributed by atoms with van der Waals surface area (Å²) in [5, 5.41) is 3.11. The monoisotopic (exact) mass is 339 g/mol. The quantitative estimate of drug-likeness (QED) is 0.841. The van der Waals surface area contributed by atoms with Crippen molar-refractivity contribution in [3.63, 3.8) is 0 Å². The first-order valence-corrected chi connectivity index (χ1v) is 9.20. The Hall–Kier alpha value is -2.16. The normalized spacial score (nSPS) is 16.4. The summed E-state index contributed by atoms with van der Waals surface area (Å²) in [5.74, 6) is -0.111. The van der Waals surface area contributed by atoms with Crippen LogP contribution in [0.5, 0.6) is 0 Å². The molecule has 2 aromatic carbocycles. The Morgan fingerprint density at radius 2 is 1.80 bits per heavy atom. The van der Waals surface area contributed by atoms with Gasteiger partial charge in [-0.1, -0.05) is 61.2 Å². The highest BCUT2D eigenvalue weighted by molar-refractivity contribution is 5.88. The third-order valence-electron chi connectivity index (χ3n) is 5.33. The fraction of sp³-hybridized carbons (Fsp3) is 0.409. The Labute approximate surface area is 149 Å². The Bertz CT molecular complexity index is 717. The van der Waals surface area contributed by atoms with Crippen molar-refractivity contribution in [2.75, 3.05) is 6.54 Å². The summed E-state index contributed by atoms with van der Waals surface area (Å²) >= 11 is 0. The Morgan fingerprint density at radius 1 is 1.08 bits per heavy atom. The molecule has 1 N–H and O–H groups in total. The van der Waals surface area contributed by atoms with E-state index in [2.05, 4.69) is 36.5 Å². The number of carbonyl (C=O) groups excluding carboxylic acids is 1. The second-order valence-electron chi connectivity index (χ2n) is 7.14. The number of aryl methyl sites for hydroxylation is 1. The minimum atomic E-state index is -0.409. The van der Waals surface area contributed by atoms with Crippen LogP contribution in [-0.4, -0.2) is 12.5 Å². The van der Waals surface area contributed by atoms with Gasteiger partial charge in [-0.25, -0.2) is 4.39 Å². The molecule has 0 atom stereocenters. The van der Waals surface area contributed by atoms with E-state index in [1.807, 2.05) is 6.07 Å². The van der Waals surface area contributed by atoms with Gasteiger partial charge in [0.15, 0.2) is 0 Å². The minimum Gasteiger partial charge on any atom is -0.355 e. The Kier molecular flexibility index (Phi) is 5.52. The largest absolute Gasteiger partial charge is 0.355 e.